The van der Waals surface area contributed by atoms with Gasteiger partial charge in [-0.15, -0.1) is 0 Å². The van der Waals surface area contributed by atoms with Gasteiger partial charge in [0, 0.05) is 6.04 Å². The van der Waals surface area contributed by atoms with Gasteiger partial charge in [-0.05, 0) is 43.4 Å². The van der Waals surface area contributed by atoms with Crippen molar-refractivity contribution in [2.24, 2.45) is 5.73 Å². The molecule has 15 heavy (non-hydrogen) atoms. The molecule has 0 spiro atoms. The molecule has 0 fully saturated rings. The van der Waals surface area contributed by atoms with Gasteiger partial charge in [-0.25, -0.2) is 0 Å². The summed E-state index contributed by atoms with van der Waals surface area (Å²) in [5, 5.41) is 9.17. The summed E-state index contributed by atoms with van der Waals surface area (Å²) in [6.45, 7) is 0. The molecule has 0 aliphatic heterocycles. The maximum absolute atomic E-state index is 9.17. The average molecular weight is 203 g/mol. The van der Waals surface area contributed by atoms with Crippen LogP contribution in [-0.4, -0.2) is 11.1 Å². The van der Waals surface area contributed by atoms with Crippen molar-refractivity contribution in [2.75, 3.05) is 0 Å². The highest BCUT2D eigenvalue weighted by Crippen LogP contribution is 2.21. The molecule has 1 aromatic rings. The largest absolute Gasteiger partial charge is 0.508 e. The lowest BCUT2D eigenvalue weighted by molar-refractivity contribution is 0.475. The van der Waals surface area contributed by atoms with Crippen LogP contribution >= 0.6 is 0 Å². The minimum absolute atomic E-state index is 0.242. The van der Waals surface area contributed by atoms with E-state index in [4.69, 9.17) is 10.8 Å². The van der Waals surface area contributed by atoms with Crippen molar-refractivity contribution >= 4 is 0 Å². The monoisotopic (exact) mass is 203 g/mol. The molecule has 0 heterocycles. The summed E-state index contributed by atoms with van der Waals surface area (Å²) in [6, 6.07) is 7.65. The summed E-state index contributed by atoms with van der Waals surface area (Å²) >= 11 is 0. The Morgan fingerprint density at radius 2 is 2.00 bits per heavy atom. The molecule has 0 saturated heterocycles. The van der Waals surface area contributed by atoms with E-state index >= 15 is 0 Å². The lowest BCUT2D eigenvalue weighted by Crippen LogP contribution is -2.20. The van der Waals surface area contributed by atoms with E-state index in [1.807, 2.05) is 12.1 Å². The topological polar surface area (TPSA) is 46.2 Å². The normalized spacial score (nSPS) is 21.1. The number of phenols is 1. The molecule has 80 valence electrons. The molecule has 2 nitrogen and oxygen atoms in total. The third-order valence-corrected chi connectivity index (χ3v) is 2.85. The molecular weight excluding hydrogens is 186 g/mol. The molecule has 1 atom stereocenters. The van der Waals surface area contributed by atoms with Crippen LogP contribution in [0.25, 0.3) is 0 Å². The van der Waals surface area contributed by atoms with Gasteiger partial charge in [-0.3, -0.25) is 0 Å². The minimum atomic E-state index is 0.242. The lowest BCUT2D eigenvalue weighted by atomic mass is 9.92. The first kappa shape index (κ1) is 10.2. The second-order valence-electron chi connectivity index (χ2n) is 4.22. The summed E-state index contributed by atoms with van der Waals surface area (Å²) in [6.07, 6.45) is 6.63. The quantitative estimate of drug-likeness (QED) is 0.725. The highest BCUT2D eigenvalue weighted by atomic mass is 16.3. The number of benzene rings is 1. The van der Waals surface area contributed by atoms with Crippen molar-refractivity contribution in [1.82, 2.24) is 0 Å². The number of rotatable bonds is 2. The number of phenolic OH excluding ortho intramolecular Hbond substituents is 1. The average Bonchev–Trinajstić information content (AvgIpc) is 2.22. The van der Waals surface area contributed by atoms with Gasteiger partial charge in [-0.1, -0.05) is 23.8 Å². The molecule has 3 N–H and O–H groups in total. The summed E-state index contributed by atoms with van der Waals surface area (Å²) in [7, 11) is 0. The molecule has 2 heteroatoms. The number of hydrogen-bond acceptors (Lipinski definition) is 2. The Labute approximate surface area is 90.4 Å². The maximum Gasteiger partial charge on any atom is 0.115 e. The lowest BCUT2D eigenvalue weighted by Gasteiger charge is -2.17. The number of nitrogens with two attached hydrogens (primary N) is 1. The zero-order valence-corrected chi connectivity index (χ0v) is 8.82. The Hall–Kier alpha value is -1.28. The van der Waals surface area contributed by atoms with E-state index in [-0.39, 0.29) is 6.04 Å². The standard InChI is InChI=1S/C13H17NO/c14-12-3-1-2-11(9-12)8-10-4-6-13(15)7-5-10/h4-7,9,12,15H,1-3,8,14H2. The molecule has 0 bridgehead atoms. The van der Waals surface area contributed by atoms with Gasteiger partial charge in [0.05, 0.1) is 0 Å². The van der Waals surface area contributed by atoms with Crippen molar-refractivity contribution in [3.63, 3.8) is 0 Å². The second kappa shape index (κ2) is 4.49. The first-order valence-electron chi connectivity index (χ1n) is 5.47. The fourth-order valence-electron chi connectivity index (χ4n) is 2.06. The predicted octanol–water partition coefficient (Wildman–Crippen LogP) is 2.37. The van der Waals surface area contributed by atoms with E-state index in [0.717, 1.165) is 19.3 Å². The number of hydrogen-bond donors (Lipinski definition) is 2. The smallest absolute Gasteiger partial charge is 0.115 e. The van der Waals surface area contributed by atoms with Crippen LogP contribution in [0.5, 0.6) is 5.75 Å². The van der Waals surface area contributed by atoms with Crippen molar-refractivity contribution in [3.8, 4) is 5.75 Å². The van der Waals surface area contributed by atoms with Crippen LogP contribution in [0.2, 0.25) is 0 Å². The minimum Gasteiger partial charge on any atom is -0.508 e. The highest BCUT2D eigenvalue weighted by Gasteiger charge is 2.09. The fourth-order valence-corrected chi connectivity index (χ4v) is 2.06. The summed E-state index contributed by atoms with van der Waals surface area (Å²) in [5.41, 5.74) is 8.56. The van der Waals surface area contributed by atoms with Crippen LogP contribution in [0, 0.1) is 0 Å². The van der Waals surface area contributed by atoms with Crippen LogP contribution in [0.15, 0.2) is 35.9 Å². The van der Waals surface area contributed by atoms with Gasteiger partial charge >= 0.3 is 0 Å². The van der Waals surface area contributed by atoms with Crippen LogP contribution in [-0.2, 0) is 6.42 Å². The van der Waals surface area contributed by atoms with Crippen LogP contribution < -0.4 is 5.73 Å². The molecule has 0 radical (unpaired) electrons. The number of allylic oxidation sites excluding steroid dienone is 1. The van der Waals surface area contributed by atoms with Gasteiger partial charge in [0.25, 0.3) is 0 Å². The second-order valence-corrected chi connectivity index (χ2v) is 4.22. The third-order valence-electron chi connectivity index (χ3n) is 2.85. The molecule has 0 amide bonds. The molecule has 1 unspecified atom stereocenters. The summed E-state index contributed by atoms with van der Waals surface area (Å²) in [5.74, 6) is 0.327. The van der Waals surface area contributed by atoms with Gasteiger partial charge in [0.15, 0.2) is 0 Å². The molecule has 1 aliphatic carbocycles. The van der Waals surface area contributed by atoms with Crippen LogP contribution in [0.3, 0.4) is 0 Å². The zero-order valence-electron chi connectivity index (χ0n) is 8.82. The zero-order chi connectivity index (χ0) is 10.7. The van der Waals surface area contributed by atoms with Crippen molar-refractivity contribution < 1.29 is 5.11 Å². The van der Waals surface area contributed by atoms with Crippen LogP contribution in [0.1, 0.15) is 24.8 Å². The molecule has 2 rings (SSSR count). The molecule has 0 saturated carbocycles. The first-order valence-corrected chi connectivity index (χ1v) is 5.47. The fraction of sp³-hybridized carbons (Fsp3) is 0.385. The Bertz CT molecular complexity index is 353. The molecule has 1 aliphatic rings. The summed E-state index contributed by atoms with van der Waals surface area (Å²) in [4.78, 5) is 0. The van der Waals surface area contributed by atoms with Gasteiger partial charge in [-0.2, -0.15) is 0 Å². The summed E-state index contributed by atoms with van der Waals surface area (Å²) < 4.78 is 0. The molecule has 0 aromatic heterocycles. The molecular formula is C13H17NO. The Morgan fingerprint density at radius 3 is 2.67 bits per heavy atom. The highest BCUT2D eigenvalue weighted by molar-refractivity contribution is 5.29. The van der Waals surface area contributed by atoms with Crippen molar-refractivity contribution in [3.05, 3.63) is 41.5 Å². The SMILES string of the molecule is NC1C=C(Cc2ccc(O)cc2)CCC1. The van der Waals surface area contributed by atoms with E-state index in [1.165, 1.54) is 17.6 Å². The Kier molecular flexibility index (Phi) is 3.07. The van der Waals surface area contributed by atoms with Crippen molar-refractivity contribution in [2.45, 2.75) is 31.7 Å². The third kappa shape index (κ3) is 2.83. The van der Waals surface area contributed by atoms with E-state index in [0.29, 0.717) is 5.75 Å². The number of aromatic hydroxyl groups is 1. The predicted molar refractivity (Wildman–Crippen MR) is 61.7 cm³/mol. The maximum atomic E-state index is 9.17. The van der Waals surface area contributed by atoms with E-state index in [1.54, 1.807) is 12.1 Å². The van der Waals surface area contributed by atoms with Crippen LogP contribution in [0.4, 0.5) is 0 Å². The molecule has 1 aromatic carbocycles. The van der Waals surface area contributed by atoms with Gasteiger partial charge in [0.2, 0.25) is 0 Å². The first-order chi connectivity index (χ1) is 7.24. The van der Waals surface area contributed by atoms with E-state index in [9.17, 15) is 0 Å². The Morgan fingerprint density at radius 1 is 1.27 bits per heavy atom. The van der Waals surface area contributed by atoms with E-state index < -0.39 is 0 Å². The van der Waals surface area contributed by atoms with Gasteiger partial charge in [0.1, 0.15) is 5.75 Å². The van der Waals surface area contributed by atoms with Crippen molar-refractivity contribution in [1.29, 1.82) is 0 Å². The van der Waals surface area contributed by atoms with Gasteiger partial charge < -0.3 is 10.8 Å². The van der Waals surface area contributed by atoms with E-state index in [2.05, 4.69) is 6.08 Å². The Balaban J connectivity index is 2.05.